The minimum absolute atomic E-state index is 0.0914. The molecule has 0 bridgehead atoms. The van der Waals surface area contributed by atoms with E-state index in [1.54, 1.807) is 0 Å². The monoisotopic (exact) mass is 207 g/mol. The van der Waals surface area contributed by atoms with Crippen molar-refractivity contribution in [3.63, 3.8) is 0 Å². The average molecular weight is 207 g/mol. The summed E-state index contributed by atoms with van der Waals surface area (Å²) in [6.07, 6.45) is 0. The molecule has 0 aliphatic heterocycles. The summed E-state index contributed by atoms with van der Waals surface area (Å²) in [5.41, 5.74) is 3.44. The quantitative estimate of drug-likeness (QED) is 0.798. The number of hydrogen-bond acceptors (Lipinski definition) is 2. The fourth-order valence-electron chi connectivity index (χ4n) is 1.39. The Morgan fingerprint density at radius 1 is 1.27 bits per heavy atom. The largest absolute Gasteiger partial charge is 0.392 e. The van der Waals surface area contributed by atoms with Crippen LogP contribution < -0.4 is 5.32 Å². The van der Waals surface area contributed by atoms with Gasteiger partial charge in [-0.25, -0.2) is 0 Å². The zero-order chi connectivity index (χ0) is 11.5. The third kappa shape index (κ3) is 3.92. The van der Waals surface area contributed by atoms with Gasteiger partial charge in [-0.3, -0.25) is 0 Å². The van der Waals surface area contributed by atoms with E-state index in [9.17, 15) is 5.11 Å². The first kappa shape index (κ1) is 12.1. The van der Waals surface area contributed by atoms with Crippen LogP contribution in [0.5, 0.6) is 0 Å². The first-order valence-corrected chi connectivity index (χ1v) is 5.36. The van der Waals surface area contributed by atoms with Crippen LogP contribution in [0.3, 0.4) is 0 Å². The molecule has 1 rings (SSSR count). The summed E-state index contributed by atoms with van der Waals surface area (Å²) in [4.78, 5) is 0. The molecule has 0 radical (unpaired) electrons. The van der Waals surface area contributed by atoms with Gasteiger partial charge in [-0.2, -0.15) is 0 Å². The van der Waals surface area contributed by atoms with Gasteiger partial charge in [0.15, 0.2) is 0 Å². The maximum Gasteiger partial charge on any atom is 0.0702 e. The van der Waals surface area contributed by atoms with Crippen molar-refractivity contribution in [1.29, 1.82) is 0 Å². The normalized spacial score (nSPS) is 11.5. The number of nitrogens with one attached hydrogen (secondary N) is 1. The summed E-state index contributed by atoms with van der Waals surface area (Å²) in [6.45, 7) is 9.59. The third-order valence-corrected chi connectivity index (χ3v) is 2.24. The maximum atomic E-state index is 9.23. The number of aliphatic hydroxyl groups excluding tert-OH is 1. The summed E-state index contributed by atoms with van der Waals surface area (Å²) in [7, 11) is 0. The topological polar surface area (TPSA) is 32.3 Å². The van der Waals surface area contributed by atoms with E-state index >= 15 is 0 Å². The van der Waals surface area contributed by atoms with Gasteiger partial charge in [-0.05, 0) is 18.4 Å². The van der Waals surface area contributed by atoms with Crippen molar-refractivity contribution >= 4 is 5.69 Å². The Bertz CT molecular complexity index is 326. The van der Waals surface area contributed by atoms with Gasteiger partial charge < -0.3 is 10.4 Å². The van der Waals surface area contributed by atoms with Crippen molar-refractivity contribution in [2.75, 3.05) is 11.9 Å². The molecule has 0 saturated carbocycles. The highest BCUT2D eigenvalue weighted by Gasteiger charge is 2.10. The summed E-state index contributed by atoms with van der Waals surface area (Å²) in [5.74, 6) is 0. The van der Waals surface area contributed by atoms with E-state index in [0.29, 0.717) is 0 Å². The summed E-state index contributed by atoms with van der Waals surface area (Å²) < 4.78 is 0. The molecule has 2 heteroatoms. The Balaban J connectivity index is 2.76. The van der Waals surface area contributed by atoms with Crippen LogP contribution in [-0.2, 0) is 6.61 Å². The average Bonchev–Trinajstić information content (AvgIpc) is 2.14. The van der Waals surface area contributed by atoms with E-state index in [1.807, 2.05) is 19.1 Å². The lowest BCUT2D eigenvalue weighted by Crippen LogP contribution is -2.19. The van der Waals surface area contributed by atoms with Crippen LogP contribution in [0.2, 0.25) is 0 Å². The molecule has 15 heavy (non-hydrogen) atoms. The Labute approximate surface area is 92.3 Å². The molecule has 0 spiro atoms. The Hall–Kier alpha value is -1.02. The van der Waals surface area contributed by atoms with Gasteiger partial charge in [0.05, 0.1) is 6.61 Å². The van der Waals surface area contributed by atoms with Crippen molar-refractivity contribution in [3.8, 4) is 0 Å². The molecule has 0 unspecified atom stereocenters. The van der Waals surface area contributed by atoms with Crippen LogP contribution in [-0.4, -0.2) is 11.7 Å². The molecule has 1 aromatic rings. The van der Waals surface area contributed by atoms with Gasteiger partial charge in [0.2, 0.25) is 0 Å². The number of aliphatic hydroxyl groups is 1. The molecule has 0 fully saturated rings. The molecule has 0 saturated heterocycles. The second-order valence-corrected chi connectivity index (χ2v) is 5.23. The third-order valence-electron chi connectivity index (χ3n) is 2.24. The Kier molecular flexibility index (Phi) is 3.75. The highest BCUT2D eigenvalue weighted by Crippen LogP contribution is 2.20. The number of benzene rings is 1. The lowest BCUT2D eigenvalue weighted by Gasteiger charge is -2.21. The molecule has 84 valence electrons. The summed E-state index contributed by atoms with van der Waals surface area (Å²) in [6, 6.07) is 6.11. The molecule has 0 aromatic heterocycles. The van der Waals surface area contributed by atoms with Crippen LogP contribution in [0.15, 0.2) is 18.2 Å². The molecule has 2 nitrogen and oxygen atoms in total. The second kappa shape index (κ2) is 4.67. The standard InChI is InChI=1S/C13H21NO/c1-10-5-6-12(11(7-10)8-15)14-9-13(2,3)4/h5-7,14-15H,8-9H2,1-4H3. The molecule has 0 aliphatic rings. The molecule has 0 aliphatic carbocycles. The lowest BCUT2D eigenvalue weighted by atomic mass is 9.96. The van der Waals surface area contributed by atoms with Gasteiger partial charge >= 0.3 is 0 Å². The minimum Gasteiger partial charge on any atom is -0.392 e. The number of anilines is 1. The van der Waals surface area contributed by atoms with E-state index in [2.05, 4.69) is 32.2 Å². The predicted molar refractivity (Wildman–Crippen MR) is 65.0 cm³/mol. The summed E-state index contributed by atoms with van der Waals surface area (Å²) >= 11 is 0. The van der Waals surface area contributed by atoms with E-state index in [0.717, 1.165) is 17.8 Å². The van der Waals surface area contributed by atoms with Gasteiger partial charge in [0.1, 0.15) is 0 Å². The zero-order valence-electron chi connectivity index (χ0n) is 10.1. The maximum absolute atomic E-state index is 9.23. The van der Waals surface area contributed by atoms with E-state index in [1.165, 1.54) is 5.56 Å². The van der Waals surface area contributed by atoms with Crippen molar-refractivity contribution in [2.45, 2.75) is 34.3 Å². The molecular formula is C13H21NO. The van der Waals surface area contributed by atoms with E-state index < -0.39 is 0 Å². The highest BCUT2D eigenvalue weighted by molar-refractivity contribution is 5.52. The smallest absolute Gasteiger partial charge is 0.0702 e. The van der Waals surface area contributed by atoms with Crippen molar-refractivity contribution in [3.05, 3.63) is 29.3 Å². The number of aryl methyl sites for hydroxylation is 1. The molecule has 0 heterocycles. The lowest BCUT2D eigenvalue weighted by molar-refractivity contribution is 0.282. The van der Waals surface area contributed by atoms with E-state index in [-0.39, 0.29) is 12.0 Å². The van der Waals surface area contributed by atoms with Crippen LogP contribution in [0.4, 0.5) is 5.69 Å². The Morgan fingerprint density at radius 2 is 1.93 bits per heavy atom. The summed E-state index contributed by atoms with van der Waals surface area (Å²) in [5, 5.41) is 12.6. The van der Waals surface area contributed by atoms with Crippen molar-refractivity contribution < 1.29 is 5.11 Å². The molecule has 2 N–H and O–H groups in total. The number of hydrogen-bond donors (Lipinski definition) is 2. The molecular weight excluding hydrogens is 186 g/mol. The second-order valence-electron chi connectivity index (χ2n) is 5.23. The highest BCUT2D eigenvalue weighted by atomic mass is 16.3. The molecule has 0 atom stereocenters. The fraction of sp³-hybridized carbons (Fsp3) is 0.538. The van der Waals surface area contributed by atoms with E-state index in [4.69, 9.17) is 0 Å². The van der Waals surface area contributed by atoms with Gasteiger partial charge in [0.25, 0.3) is 0 Å². The van der Waals surface area contributed by atoms with Crippen LogP contribution in [0, 0.1) is 12.3 Å². The van der Waals surface area contributed by atoms with Crippen LogP contribution in [0.25, 0.3) is 0 Å². The zero-order valence-corrected chi connectivity index (χ0v) is 10.1. The van der Waals surface area contributed by atoms with Crippen LogP contribution >= 0.6 is 0 Å². The molecule has 0 amide bonds. The number of rotatable bonds is 3. The molecule has 1 aromatic carbocycles. The van der Waals surface area contributed by atoms with Gasteiger partial charge in [0, 0.05) is 17.8 Å². The Morgan fingerprint density at radius 3 is 2.47 bits per heavy atom. The SMILES string of the molecule is Cc1ccc(NCC(C)(C)C)c(CO)c1. The van der Waals surface area contributed by atoms with Crippen LogP contribution in [0.1, 0.15) is 31.9 Å². The fourth-order valence-corrected chi connectivity index (χ4v) is 1.39. The first-order chi connectivity index (χ1) is 6.92. The van der Waals surface area contributed by atoms with Gasteiger partial charge in [-0.15, -0.1) is 0 Å². The van der Waals surface area contributed by atoms with Crippen molar-refractivity contribution in [1.82, 2.24) is 0 Å². The van der Waals surface area contributed by atoms with Gasteiger partial charge in [-0.1, -0.05) is 38.5 Å². The first-order valence-electron chi connectivity index (χ1n) is 5.36. The minimum atomic E-state index is 0.0914. The predicted octanol–water partition coefficient (Wildman–Crippen LogP) is 2.95. The van der Waals surface area contributed by atoms with Crippen molar-refractivity contribution in [2.24, 2.45) is 5.41 Å².